The quantitative estimate of drug-likeness (QED) is 0.738. The van der Waals surface area contributed by atoms with Crippen LogP contribution >= 0.6 is 11.3 Å². The van der Waals surface area contributed by atoms with E-state index in [1.54, 1.807) is 27.1 Å². The molecule has 0 bridgehead atoms. The van der Waals surface area contributed by atoms with Crippen molar-refractivity contribution in [3.63, 3.8) is 0 Å². The number of para-hydroxylation sites is 1. The van der Waals surface area contributed by atoms with Crippen molar-refractivity contribution < 1.29 is 4.79 Å². The fourth-order valence-corrected chi connectivity index (χ4v) is 3.63. The molecule has 0 aliphatic rings. The Morgan fingerprint density at radius 2 is 2.09 bits per heavy atom. The molecule has 1 atom stereocenters. The van der Waals surface area contributed by atoms with Crippen LogP contribution in [0.5, 0.6) is 0 Å². The fourth-order valence-electron chi connectivity index (χ4n) is 2.72. The molecular weight excluding hydrogens is 308 g/mol. The molecule has 2 aromatic heterocycles. The Balaban J connectivity index is 1.78. The average Bonchev–Trinajstić information content (AvgIpc) is 3.09. The second-order valence-corrected chi connectivity index (χ2v) is 7.12. The molecule has 23 heavy (non-hydrogen) atoms. The van der Waals surface area contributed by atoms with Crippen LogP contribution in [0.25, 0.3) is 10.9 Å². The molecule has 6 heteroatoms. The van der Waals surface area contributed by atoms with Gasteiger partial charge in [-0.2, -0.15) is 5.10 Å². The molecule has 0 aliphatic carbocycles. The molecule has 0 aliphatic heterocycles. The Bertz CT molecular complexity index is 851. The summed E-state index contributed by atoms with van der Waals surface area (Å²) in [7, 11) is 1.83. The number of aromatic nitrogens is 3. The number of hydrogen-bond acceptors (Lipinski definition) is 4. The number of amides is 1. The van der Waals surface area contributed by atoms with E-state index in [2.05, 4.69) is 17.0 Å². The van der Waals surface area contributed by atoms with Crippen LogP contribution in [0.3, 0.4) is 0 Å². The Labute approximate surface area is 139 Å². The van der Waals surface area contributed by atoms with Crippen molar-refractivity contribution in [1.29, 1.82) is 0 Å². The number of carbonyl (C=O) groups is 1. The highest BCUT2D eigenvalue weighted by Gasteiger charge is 2.22. The van der Waals surface area contributed by atoms with Gasteiger partial charge in [0.25, 0.3) is 0 Å². The zero-order chi connectivity index (χ0) is 16.6. The largest absolute Gasteiger partial charge is 0.336 e. The molecule has 5 nitrogen and oxygen atoms in total. The number of fused-ring (bicyclic) bond motifs is 1. The zero-order valence-corrected chi connectivity index (χ0v) is 14.6. The van der Waals surface area contributed by atoms with E-state index >= 15 is 0 Å². The molecule has 0 fully saturated rings. The van der Waals surface area contributed by atoms with Crippen molar-refractivity contribution in [1.82, 2.24) is 19.7 Å². The third-order valence-corrected chi connectivity index (χ3v) is 5.05. The van der Waals surface area contributed by atoms with Gasteiger partial charge in [0.15, 0.2) is 0 Å². The van der Waals surface area contributed by atoms with E-state index in [0.29, 0.717) is 0 Å². The van der Waals surface area contributed by atoms with Gasteiger partial charge in [0.1, 0.15) is 6.54 Å². The molecule has 0 unspecified atom stereocenters. The Hall–Kier alpha value is -2.21. The molecule has 2 heterocycles. The third kappa shape index (κ3) is 2.99. The van der Waals surface area contributed by atoms with E-state index in [1.807, 2.05) is 45.2 Å². The lowest BCUT2D eigenvalue weighted by atomic mass is 10.2. The van der Waals surface area contributed by atoms with Crippen molar-refractivity contribution in [3.05, 3.63) is 46.0 Å². The van der Waals surface area contributed by atoms with Crippen LogP contribution in [0, 0.1) is 13.8 Å². The Morgan fingerprint density at radius 3 is 2.78 bits per heavy atom. The smallest absolute Gasteiger partial charge is 0.244 e. The molecule has 0 radical (unpaired) electrons. The maximum Gasteiger partial charge on any atom is 0.244 e. The molecular formula is C17H20N4OS. The second kappa shape index (κ2) is 6.12. The molecule has 0 saturated carbocycles. The van der Waals surface area contributed by atoms with E-state index in [-0.39, 0.29) is 18.5 Å². The standard InChI is InChI=1S/C17H20N4OS/c1-11(17-12(2)23-13(3)19-17)20(4)16(22)10-21-15-8-6-5-7-14(15)9-18-21/h5-9,11H,10H2,1-4H3/t11-/m1/s1. The fraction of sp³-hybridized carbons (Fsp3) is 0.353. The minimum atomic E-state index is -0.0470. The van der Waals surface area contributed by atoms with Gasteiger partial charge in [-0.05, 0) is 26.8 Å². The van der Waals surface area contributed by atoms with E-state index < -0.39 is 0 Å². The summed E-state index contributed by atoms with van der Waals surface area (Å²) in [4.78, 5) is 20.1. The first-order chi connectivity index (χ1) is 11.0. The highest BCUT2D eigenvalue weighted by Crippen LogP contribution is 2.26. The van der Waals surface area contributed by atoms with Crippen molar-refractivity contribution >= 4 is 28.1 Å². The summed E-state index contributed by atoms with van der Waals surface area (Å²) in [5.74, 6) is 0.0245. The number of likely N-dealkylation sites (N-methyl/N-ethyl adjacent to an activating group) is 1. The van der Waals surface area contributed by atoms with E-state index in [4.69, 9.17) is 0 Å². The van der Waals surface area contributed by atoms with Crippen molar-refractivity contribution in [2.45, 2.75) is 33.4 Å². The normalized spacial score (nSPS) is 12.5. The molecule has 1 amide bonds. The second-order valence-electron chi connectivity index (χ2n) is 5.72. The molecule has 120 valence electrons. The number of rotatable bonds is 4. The summed E-state index contributed by atoms with van der Waals surface area (Å²) < 4.78 is 1.75. The topological polar surface area (TPSA) is 51.0 Å². The predicted octanol–water partition coefficient (Wildman–Crippen LogP) is 3.33. The number of aryl methyl sites for hydroxylation is 2. The van der Waals surface area contributed by atoms with Gasteiger partial charge in [0.2, 0.25) is 5.91 Å². The monoisotopic (exact) mass is 328 g/mol. The first kappa shape index (κ1) is 15.7. The third-order valence-electron chi connectivity index (χ3n) is 4.15. The summed E-state index contributed by atoms with van der Waals surface area (Å²) in [5.41, 5.74) is 1.95. The van der Waals surface area contributed by atoms with Crippen LogP contribution in [0.4, 0.5) is 0 Å². The zero-order valence-electron chi connectivity index (χ0n) is 13.8. The van der Waals surface area contributed by atoms with E-state index in [0.717, 1.165) is 21.6 Å². The number of hydrogen-bond donors (Lipinski definition) is 0. The number of thiazole rings is 1. The van der Waals surface area contributed by atoms with Crippen molar-refractivity contribution in [3.8, 4) is 0 Å². The number of nitrogens with zero attached hydrogens (tertiary/aromatic N) is 4. The molecule has 3 rings (SSSR count). The Morgan fingerprint density at radius 1 is 1.35 bits per heavy atom. The van der Waals surface area contributed by atoms with E-state index in [1.165, 1.54) is 4.88 Å². The van der Waals surface area contributed by atoms with Gasteiger partial charge in [-0.3, -0.25) is 9.48 Å². The number of carbonyl (C=O) groups excluding carboxylic acids is 1. The maximum atomic E-state index is 12.6. The summed E-state index contributed by atoms with van der Waals surface area (Å²) >= 11 is 1.67. The van der Waals surface area contributed by atoms with E-state index in [9.17, 15) is 4.79 Å². The van der Waals surface area contributed by atoms with Gasteiger partial charge in [0, 0.05) is 17.3 Å². The van der Waals surface area contributed by atoms with Crippen LogP contribution in [0.2, 0.25) is 0 Å². The first-order valence-electron chi connectivity index (χ1n) is 7.57. The maximum absolute atomic E-state index is 12.6. The molecule has 0 saturated heterocycles. The van der Waals surface area contributed by atoms with Gasteiger partial charge in [-0.15, -0.1) is 11.3 Å². The lowest BCUT2D eigenvalue weighted by Gasteiger charge is -2.24. The first-order valence-corrected chi connectivity index (χ1v) is 8.39. The van der Waals surface area contributed by atoms with Gasteiger partial charge >= 0.3 is 0 Å². The van der Waals surface area contributed by atoms with Crippen LogP contribution in [-0.2, 0) is 11.3 Å². The van der Waals surface area contributed by atoms with Gasteiger partial charge < -0.3 is 4.90 Å². The van der Waals surface area contributed by atoms with Crippen LogP contribution in [0.15, 0.2) is 30.5 Å². The van der Waals surface area contributed by atoms with Gasteiger partial charge in [-0.25, -0.2) is 4.98 Å². The number of benzene rings is 1. The SMILES string of the molecule is Cc1nc([C@@H](C)N(C)C(=O)Cn2ncc3ccccc32)c(C)s1. The lowest BCUT2D eigenvalue weighted by molar-refractivity contribution is -0.132. The molecule has 1 aromatic carbocycles. The summed E-state index contributed by atoms with van der Waals surface area (Å²) in [6.45, 7) is 6.29. The summed E-state index contributed by atoms with van der Waals surface area (Å²) in [6.07, 6.45) is 1.79. The summed E-state index contributed by atoms with van der Waals surface area (Å²) in [5, 5.41) is 6.40. The van der Waals surface area contributed by atoms with Gasteiger partial charge in [0.05, 0.1) is 28.5 Å². The highest BCUT2D eigenvalue weighted by molar-refractivity contribution is 7.11. The van der Waals surface area contributed by atoms with Crippen molar-refractivity contribution in [2.75, 3.05) is 7.05 Å². The minimum Gasteiger partial charge on any atom is -0.336 e. The summed E-state index contributed by atoms with van der Waals surface area (Å²) in [6, 6.07) is 7.86. The van der Waals surface area contributed by atoms with Crippen LogP contribution in [-0.4, -0.2) is 32.6 Å². The Kier molecular flexibility index (Phi) is 4.17. The average molecular weight is 328 g/mol. The highest BCUT2D eigenvalue weighted by atomic mass is 32.1. The lowest BCUT2D eigenvalue weighted by Crippen LogP contribution is -2.33. The molecule has 0 spiro atoms. The molecule has 0 N–H and O–H groups in total. The van der Waals surface area contributed by atoms with Gasteiger partial charge in [-0.1, -0.05) is 18.2 Å². The predicted molar refractivity (Wildman–Crippen MR) is 92.5 cm³/mol. The van der Waals surface area contributed by atoms with Crippen LogP contribution in [0.1, 0.15) is 28.5 Å². The molecule has 3 aromatic rings. The van der Waals surface area contributed by atoms with Crippen molar-refractivity contribution in [2.24, 2.45) is 0 Å². The minimum absolute atomic E-state index is 0.0245. The van der Waals surface area contributed by atoms with Crippen LogP contribution < -0.4 is 0 Å².